The summed E-state index contributed by atoms with van der Waals surface area (Å²) in [7, 11) is 3.09. The van der Waals surface area contributed by atoms with E-state index in [4.69, 9.17) is 9.47 Å². The number of nitrogens with one attached hydrogen (secondary N) is 2. The minimum atomic E-state index is -0.391. The predicted octanol–water partition coefficient (Wildman–Crippen LogP) is 5.40. The van der Waals surface area contributed by atoms with Crippen LogP contribution in [0, 0.1) is 5.82 Å². The van der Waals surface area contributed by atoms with Crippen molar-refractivity contribution in [2.45, 2.75) is 25.7 Å². The van der Waals surface area contributed by atoms with Crippen LogP contribution >= 0.6 is 0 Å². The predicted molar refractivity (Wildman–Crippen MR) is 142 cm³/mol. The molecule has 8 heteroatoms. The Morgan fingerprint density at radius 3 is 2.24 bits per heavy atom. The minimum absolute atomic E-state index is 0.0240. The Morgan fingerprint density at radius 2 is 1.59 bits per heavy atom. The summed E-state index contributed by atoms with van der Waals surface area (Å²) >= 11 is 0. The number of amides is 2. The van der Waals surface area contributed by atoms with Gasteiger partial charge in [0.25, 0.3) is 5.91 Å². The molecule has 3 N–H and O–H groups in total. The summed E-state index contributed by atoms with van der Waals surface area (Å²) in [6.07, 6.45) is 4.06. The zero-order valence-electron chi connectivity index (χ0n) is 20.9. The van der Waals surface area contributed by atoms with Gasteiger partial charge in [-0.2, -0.15) is 0 Å². The van der Waals surface area contributed by atoms with Crippen molar-refractivity contribution in [2.24, 2.45) is 0 Å². The first-order chi connectivity index (χ1) is 17.9. The quantitative estimate of drug-likeness (QED) is 0.132. The average Bonchev–Trinajstić information content (AvgIpc) is 2.90. The lowest BCUT2D eigenvalue weighted by molar-refractivity contribution is -0.117. The number of hydrogen-bond acceptors (Lipinski definition) is 5. The SMILES string of the molecule is COc1cc(C=C(C(=O)NCCCCCC(=O)Nc2ccccc2O)c2ccc(F)cc2)cc(OC)c1. The van der Waals surface area contributed by atoms with Crippen molar-refractivity contribution in [1.82, 2.24) is 5.32 Å². The third kappa shape index (κ3) is 8.38. The van der Waals surface area contributed by atoms with E-state index < -0.39 is 5.82 Å². The molecule has 0 aliphatic heterocycles. The van der Waals surface area contributed by atoms with Crippen molar-refractivity contribution < 1.29 is 28.6 Å². The van der Waals surface area contributed by atoms with Crippen molar-refractivity contribution in [1.29, 1.82) is 0 Å². The van der Waals surface area contributed by atoms with Crippen molar-refractivity contribution in [3.8, 4) is 17.2 Å². The molecule has 0 radical (unpaired) electrons. The van der Waals surface area contributed by atoms with Crippen LogP contribution in [0.4, 0.5) is 10.1 Å². The molecule has 0 atom stereocenters. The summed E-state index contributed by atoms with van der Waals surface area (Å²) in [6, 6.07) is 17.6. The number of benzene rings is 3. The first kappa shape index (κ1) is 27.3. The van der Waals surface area contributed by atoms with Gasteiger partial charge in [-0.3, -0.25) is 9.59 Å². The molecule has 3 aromatic carbocycles. The molecule has 0 saturated heterocycles. The van der Waals surface area contributed by atoms with Gasteiger partial charge in [-0.05, 0) is 66.4 Å². The van der Waals surface area contributed by atoms with Gasteiger partial charge >= 0.3 is 0 Å². The molecule has 37 heavy (non-hydrogen) atoms. The summed E-state index contributed by atoms with van der Waals surface area (Å²) in [5.74, 6) is 0.312. The standard InChI is InChI=1S/C29H31FN2O5/c1-36-23-16-20(17-24(19-23)37-2)18-25(21-11-13-22(30)14-12-21)29(35)31-15-7-3-4-10-28(34)32-26-8-5-6-9-27(26)33/h5-6,8-9,11-14,16-19,33H,3-4,7,10,15H2,1-2H3,(H,31,35)(H,32,34). The fourth-order valence-electron chi connectivity index (χ4n) is 3.67. The average molecular weight is 507 g/mol. The van der Waals surface area contributed by atoms with Gasteiger partial charge < -0.3 is 25.2 Å². The maximum atomic E-state index is 13.5. The first-order valence-corrected chi connectivity index (χ1v) is 12.0. The molecular weight excluding hydrogens is 475 g/mol. The van der Waals surface area contributed by atoms with Gasteiger partial charge in [0.1, 0.15) is 23.1 Å². The van der Waals surface area contributed by atoms with Crippen molar-refractivity contribution in [2.75, 3.05) is 26.1 Å². The molecular formula is C29H31FN2O5. The molecule has 0 heterocycles. The number of anilines is 1. The van der Waals surface area contributed by atoms with Crippen LogP contribution in [0.25, 0.3) is 11.6 Å². The number of hydrogen-bond donors (Lipinski definition) is 3. The van der Waals surface area contributed by atoms with Crippen molar-refractivity contribution in [3.05, 3.63) is 83.7 Å². The van der Waals surface area contributed by atoms with E-state index in [-0.39, 0.29) is 17.6 Å². The van der Waals surface area contributed by atoms with E-state index in [1.54, 1.807) is 68.8 Å². The number of phenolic OH excluding ortho intramolecular Hbond substituents is 1. The van der Waals surface area contributed by atoms with E-state index >= 15 is 0 Å². The van der Waals surface area contributed by atoms with E-state index in [0.29, 0.717) is 59.7 Å². The third-order valence-electron chi connectivity index (χ3n) is 5.63. The molecule has 7 nitrogen and oxygen atoms in total. The maximum absolute atomic E-state index is 13.5. The topological polar surface area (TPSA) is 96.9 Å². The van der Waals surface area contributed by atoms with Gasteiger partial charge in [-0.15, -0.1) is 0 Å². The van der Waals surface area contributed by atoms with E-state index in [2.05, 4.69) is 10.6 Å². The number of halogens is 1. The number of para-hydroxylation sites is 2. The molecule has 0 fully saturated rings. The van der Waals surface area contributed by atoms with Crippen LogP contribution < -0.4 is 20.1 Å². The summed E-state index contributed by atoms with van der Waals surface area (Å²) < 4.78 is 24.1. The van der Waals surface area contributed by atoms with Gasteiger partial charge in [0.15, 0.2) is 0 Å². The van der Waals surface area contributed by atoms with Crippen LogP contribution in [0.3, 0.4) is 0 Å². The third-order valence-corrected chi connectivity index (χ3v) is 5.63. The van der Waals surface area contributed by atoms with Crippen LogP contribution in [-0.4, -0.2) is 37.7 Å². The van der Waals surface area contributed by atoms with Crippen LogP contribution in [0.1, 0.15) is 36.8 Å². The van der Waals surface area contributed by atoms with Crippen molar-refractivity contribution in [3.63, 3.8) is 0 Å². The van der Waals surface area contributed by atoms with Crippen LogP contribution in [0.5, 0.6) is 17.2 Å². The number of phenols is 1. The Labute approximate surface area is 215 Å². The number of aromatic hydroxyl groups is 1. The molecule has 0 unspecified atom stereocenters. The highest BCUT2D eigenvalue weighted by Gasteiger charge is 2.13. The smallest absolute Gasteiger partial charge is 0.251 e. The van der Waals surface area contributed by atoms with Gasteiger partial charge in [-0.1, -0.05) is 30.7 Å². The largest absolute Gasteiger partial charge is 0.506 e. The highest BCUT2D eigenvalue weighted by Crippen LogP contribution is 2.27. The Hall–Kier alpha value is -4.33. The normalized spacial score (nSPS) is 11.1. The Morgan fingerprint density at radius 1 is 0.919 bits per heavy atom. The van der Waals surface area contributed by atoms with Crippen LogP contribution in [0.2, 0.25) is 0 Å². The minimum Gasteiger partial charge on any atom is -0.506 e. The fourth-order valence-corrected chi connectivity index (χ4v) is 3.67. The van der Waals surface area contributed by atoms with Gasteiger partial charge in [0, 0.05) is 24.6 Å². The summed E-state index contributed by atoms with van der Waals surface area (Å²) in [6.45, 7) is 0.417. The fraction of sp³-hybridized carbons (Fsp3) is 0.241. The molecule has 3 aromatic rings. The Balaban J connectivity index is 1.58. The molecule has 0 aromatic heterocycles. The number of rotatable bonds is 12. The van der Waals surface area contributed by atoms with Gasteiger partial charge in [0.2, 0.25) is 5.91 Å². The monoisotopic (exact) mass is 506 g/mol. The molecule has 0 bridgehead atoms. The van der Waals surface area contributed by atoms with E-state index in [1.165, 1.54) is 18.2 Å². The Kier molecular flexibility index (Phi) is 10.1. The lowest BCUT2D eigenvalue weighted by Crippen LogP contribution is -2.25. The molecule has 3 rings (SSSR count). The number of carbonyl (C=O) groups is 2. The Bertz CT molecular complexity index is 1220. The summed E-state index contributed by atoms with van der Waals surface area (Å²) in [5.41, 5.74) is 2.02. The molecule has 194 valence electrons. The number of ether oxygens (including phenoxy) is 2. The van der Waals surface area contributed by atoms with Crippen molar-refractivity contribution >= 4 is 29.2 Å². The second kappa shape index (κ2) is 13.7. The van der Waals surface area contributed by atoms with Gasteiger partial charge in [-0.25, -0.2) is 4.39 Å². The van der Waals surface area contributed by atoms with E-state index in [1.807, 2.05) is 0 Å². The van der Waals surface area contributed by atoms with E-state index in [0.717, 1.165) is 6.42 Å². The van der Waals surface area contributed by atoms with Gasteiger partial charge in [0.05, 0.1) is 19.9 Å². The summed E-state index contributed by atoms with van der Waals surface area (Å²) in [5, 5.41) is 15.3. The molecule has 0 aliphatic carbocycles. The molecule has 0 aliphatic rings. The molecule has 0 saturated carbocycles. The zero-order valence-corrected chi connectivity index (χ0v) is 20.9. The summed E-state index contributed by atoms with van der Waals surface area (Å²) in [4.78, 5) is 25.2. The lowest BCUT2D eigenvalue weighted by Gasteiger charge is -2.11. The molecule has 0 spiro atoms. The highest BCUT2D eigenvalue weighted by atomic mass is 19.1. The van der Waals surface area contributed by atoms with E-state index in [9.17, 15) is 19.1 Å². The second-order valence-corrected chi connectivity index (χ2v) is 8.34. The zero-order chi connectivity index (χ0) is 26.6. The number of methoxy groups -OCH3 is 2. The maximum Gasteiger partial charge on any atom is 0.251 e. The second-order valence-electron chi connectivity index (χ2n) is 8.34. The van der Waals surface area contributed by atoms with Crippen LogP contribution in [-0.2, 0) is 9.59 Å². The first-order valence-electron chi connectivity index (χ1n) is 12.0. The number of carbonyl (C=O) groups excluding carboxylic acids is 2. The molecule has 2 amide bonds. The van der Waals surface area contributed by atoms with Crippen LogP contribution in [0.15, 0.2) is 66.7 Å². The number of unbranched alkanes of at least 4 members (excludes halogenated alkanes) is 2. The lowest BCUT2D eigenvalue weighted by atomic mass is 10.0. The highest BCUT2D eigenvalue weighted by molar-refractivity contribution is 6.24.